The number of carbonyl (C=O) groups is 1. The summed E-state index contributed by atoms with van der Waals surface area (Å²) in [5, 5.41) is 0. The van der Waals surface area contributed by atoms with E-state index in [1.54, 1.807) is 0 Å². The van der Waals surface area contributed by atoms with Gasteiger partial charge in [-0.15, -0.1) is 0 Å². The fourth-order valence-electron chi connectivity index (χ4n) is 2.63. The average molecular weight is 256 g/mol. The van der Waals surface area contributed by atoms with Crippen molar-refractivity contribution in [3.05, 3.63) is 48.1 Å². The maximum absolute atomic E-state index is 10.9. The molecule has 0 amide bonds. The number of rotatable bonds is 2. The molecule has 0 unspecified atom stereocenters. The first-order chi connectivity index (χ1) is 8.85. The molecule has 1 aliphatic rings. The minimum atomic E-state index is -0.292. The van der Waals surface area contributed by atoms with Crippen LogP contribution >= 0.6 is 0 Å². The highest BCUT2D eigenvalue weighted by Crippen LogP contribution is 2.41. The SMILES string of the molecule is C=C1C=C(c2ccc(OC(C)=O)cc2)CC(C)(C)C1. The van der Waals surface area contributed by atoms with Crippen molar-refractivity contribution in [3.63, 3.8) is 0 Å². The van der Waals surface area contributed by atoms with E-state index in [1.165, 1.54) is 23.6 Å². The van der Waals surface area contributed by atoms with Gasteiger partial charge in [0.15, 0.2) is 0 Å². The third-order valence-electron chi connectivity index (χ3n) is 3.24. The topological polar surface area (TPSA) is 26.3 Å². The summed E-state index contributed by atoms with van der Waals surface area (Å²) in [6.45, 7) is 10.0. The zero-order valence-corrected chi connectivity index (χ0v) is 11.8. The molecule has 2 nitrogen and oxygen atoms in total. The molecule has 0 aliphatic heterocycles. The van der Waals surface area contributed by atoms with E-state index >= 15 is 0 Å². The summed E-state index contributed by atoms with van der Waals surface area (Å²) in [5.74, 6) is 0.296. The zero-order chi connectivity index (χ0) is 14.0. The summed E-state index contributed by atoms with van der Waals surface area (Å²) in [6, 6.07) is 7.67. The van der Waals surface area contributed by atoms with Crippen LogP contribution in [-0.4, -0.2) is 5.97 Å². The Morgan fingerprint density at radius 2 is 1.84 bits per heavy atom. The van der Waals surface area contributed by atoms with E-state index in [-0.39, 0.29) is 11.4 Å². The molecule has 0 fully saturated rings. The number of esters is 1. The molecular formula is C17H20O2. The van der Waals surface area contributed by atoms with E-state index in [4.69, 9.17) is 4.74 Å². The van der Waals surface area contributed by atoms with Gasteiger partial charge in [-0.3, -0.25) is 4.79 Å². The van der Waals surface area contributed by atoms with E-state index in [0.29, 0.717) is 5.75 Å². The molecule has 1 aromatic carbocycles. The van der Waals surface area contributed by atoms with Gasteiger partial charge < -0.3 is 4.74 Å². The van der Waals surface area contributed by atoms with E-state index in [1.807, 2.05) is 24.3 Å². The van der Waals surface area contributed by atoms with Crippen LogP contribution in [-0.2, 0) is 4.79 Å². The molecule has 2 rings (SSSR count). The molecule has 0 bridgehead atoms. The van der Waals surface area contributed by atoms with Gasteiger partial charge in [0.1, 0.15) is 5.75 Å². The Balaban J connectivity index is 2.22. The summed E-state index contributed by atoms with van der Waals surface area (Å²) in [4.78, 5) is 10.9. The molecule has 100 valence electrons. The van der Waals surface area contributed by atoms with Crippen LogP contribution in [0.15, 0.2) is 42.5 Å². The molecule has 0 N–H and O–H groups in total. The monoisotopic (exact) mass is 256 g/mol. The van der Waals surface area contributed by atoms with Crippen molar-refractivity contribution in [2.24, 2.45) is 5.41 Å². The van der Waals surface area contributed by atoms with E-state index < -0.39 is 0 Å². The number of allylic oxidation sites excluding steroid dienone is 3. The Bertz CT molecular complexity index is 533. The Kier molecular flexibility index (Phi) is 3.61. The molecule has 0 spiro atoms. The van der Waals surface area contributed by atoms with Crippen molar-refractivity contribution in [1.29, 1.82) is 0 Å². The predicted octanol–water partition coefficient (Wildman–Crippen LogP) is 4.37. The van der Waals surface area contributed by atoms with Crippen molar-refractivity contribution in [2.75, 3.05) is 0 Å². The van der Waals surface area contributed by atoms with E-state index in [9.17, 15) is 4.79 Å². The van der Waals surface area contributed by atoms with Gasteiger partial charge in [-0.25, -0.2) is 0 Å². The first-order valence-corrected chi connectivity index (χ1v) is 6.53. The van der Waals surface area contributed by atoms with Gasteiger partial charge >= 0.3 is 5.97 Å². The number of hydrogen-bond acceptors (Lipinski definition) is 2. The van der Waals surface area contributed by atoms with Gasteiger partial charge in [0.05, 0.1) is 0 Å². The molecule has 0 saturated heterocycles. The van der Waals surface area contributed by atoms with Crippen LogP contribution in [0.1, 0.15) is 39.2 Å². The molecule has 0 atom stereocenters. The smallest absolute Gasteiger partial charge is 0.308 e. The summed E-state index contributed by atoms with van der Waals surface area (Å²) in [7, 11) is 0. The Labute approximate surface area is 114 Å². The van der Waals surface area contributed by atoms with Crippen LogP contribution in [0.25, 0.3) is 5.57 Å². The molecule has 0 saturated carbocycles. The van der Waals surface area contributed by atoms with Gasteiger partial charge in [-0.05, 0) is 41.5 Å². The second kappa shape index (κ2) is 5.04. The Hall–Kier alpha value is -1.83. The molecule has 1 aliphatic carbocycles. The van der Waals surface area contributed by atoms with Crippen molar-refractivity contribution < 1.29 is 9.53 Å². The normalized spacial score (nSPS) is 17.8. The highest BCUT2D eigenvalue weighted by molar-refractivity contribution is 5.72. The third-order valence-corrected chi connectivity index (χ3v) is 3.24. The largest absolute Gasteiger partial charge is 0.427 e. The van der Waals surface area contributed by atoms with Gasteiger partial charge in [0.25, 0.3) is 0 Å². The minimum Gasteiger partial charge on any atom is -0.427 e. The highest BCUT2D eigenvalue weighted by Gasteiger charge is 2.25. The molecule has 0 radical (unpaired) electrons. The maximum atomic E-state index is 10.9. The lowest BCUT2D eigenvalue weighted by Gasteiger charge is -2.31. The van der Waals surface area contributed by atoms with E-state index in [2.05, 4.69) is 26.5 Å². The van der Waals surface area contributed by atoms with Gasteiger partial charge in [0, 0.05) is 6.92 Å². The van der Waals surface area contributed by atoms with Crippen LogP contribution < -0.4 is 4.74 Å². The third kappa shape index (κ3) is 3.57. The van der Waals surface area contributed by atoms with Crippen LogP contribution in [0.3, 0.4) is 0 Å². The fraction of sp³-hybridized carbons (Fsp3) is 0.353. The number of ether oxygens (including phenoxy) is 1. The van der Waals surface area contributed by atoms with Crippen LogP contribution in [0.2, 0.25) is 0 Å². The molecule has 19 heavy (non-hydrogen) atoms. The molecule has 0 aromatic heterocycles. The Morgan fingerprint density at radius 1 is 1.21 bits per heavy atom. The standard InChI is InChI=1S/C17H20O2/c1-12-9-15(11-17(3,4)10-12)14-5-7-16(8-6-14)19-13(2)18/h5-9H,1,10-11H2,2-4H3. The summed E-state index contributed by atoms with van der Waals surface area (Å²) < 4.78 is 5.04. The number of benzene rings is 1. The van der Waals surface area contributed by atoms with Crippen LogP contribution in [0.5, 0.6) is 5.75 Å². The summed E-state index contributed by atoms with van der Waals surface area (Å²) in [5.41, 5.74) is 3.91. The lowest BCUT2D eigenvalue weighted by molar-refractivity contribution is -0.131. The predicted molar refractivity (Wildman–Crippen MR) is 77.9 cm³/mol. The zero-order valence-electron chi connectivity index (χ0n) is 11.8. The second-order valence-corrected chi connectivity index (χ2v) is 5.96. The maximum Gasteiger partial charge on any atom is 0.308 e. The van der Waals surface area contributed by atoms with Gasteiger partial charge in [-0.1, -0.05) is 44.2 Å². The highest BCUT2D eigenvalue weighted by atomic mass is 16.5. The van der Waals surface area contributed by atoms with Gasteiger partial charge in [0.2, 0.25) is 0 Å². The second-order valence-electron chi connectivity index (χ2n) is 5.96. The van der Waals surface area contributed by atoms with Crippen LogP contribution in [0, 0.1) is 5.41 Å². The lowest BCUT2D eigenvalue weighted by atomic mass is 9.74. The molecule has 2 heteroatoms. The quantitative estimate of drug-likeness (QED) is 0.580. The van der Waals surface area contributed by atoms with Crippen molar-refractivity contribution in [1.82, 2.24) is 0 Å². The molecular weight excluding hydrogens is 236 g/mol. The first-order valence-electron chi connectivity index (χ1n) is 6.53. The van der Waals surface area contributed by atoms with Crippen molar-refractivity contribution in [2.45, 2.75) is 33.6 Å². The molecule has 0 heterocycles. The van der Waals surface area contributed by atoms with Gasteiger partial charge in [-0.2, -0.15) is 0 Å². The summed E-state index contributed by atoms with van der Waals surface area (Å²) in [6.07, 6.45) is 4.26. The van der Waals surface area contributed by atoms with E-state index in [0.717, 1.165) is 12.8 Å². The van der Waals surface area contributed by atoms with Crippen molar-refractivity contribution >= 4 is 11.5 Å². The summed E-state index contributed by atoms with van der Waals surface area (Å²) >= 11 is 0. The van der Waals surface area contributed by atoms with Crippen molar-refractivity contribution in [3.8, 4) is 5.75 Å². The average Bonchev–Trinajstić information content (AvgIpc) is 2.26. The Morgan fingerprint density at radius 3 is 2.37 bits per heavy atom. The first kappa shape index (κ1) is 13.6. The fourth-order valence-corrected chi connectivity index (χ4v) is 2.63. The minimum absolute atomic E-state index is 0.260. The number of carbonyl (C=O) groups excluding carboxylic acids is 1. The number of hydrogen-bond donors (Lipinski definition) is 0. The van der Waals surface area contributed by atoms with Crippen LogP contribution in [0.4, 0.5) is 0 Å². The lowest BCUT2D eigenvalue weighted by Crippen LogP contribution is -2.16. The molecule has 1 aromatic rings.